The highest BCUT2D eigenvalue weighted by Crippen LogP contribution is 2.24. The molecule has 2 aliphatic heterocycles. The normalized spacial score (nSPS) is 20.3. The van der Waals surface area contributed by atoms with Gasteiger partial charge in [-0.2, -0.15) is 0 Å². The van der Waals surface area contributed by atoms with Crippen molar-refractivity contribution in [2.45, 2.75) is 52.0 Å². The molecule has 0 radical (unpaired) electrons. The van der Waals surface area contributed by atoms with Gasteiger partial charge in [-0.25, -0.2) is 4.98 Å². The van der Waals surface area contributed by atoms with Gasteiger partial charge >= 0.3 is 0 Å². The van der Waals surface area contributed by atoms with Crippen molar-refractivity contribution in [2.75, 3.05) is 31.5 Å². The highest BCUT2D eigenvalue weighted by molar-refractivity contribution is 7.13. The quantitative estimate of drug-likeness (QED) is 0.892. The van der Waals surface area contributed by atoms with Gasteiger partial charge in [-0.15, -0.1) is 11.3 Å². The second-order valence-corrected chi connectivity index (χ2v) is 7.97. The number of nitrogens with one attached hydrogen (secondary N) is 1. The lowest BCUT2D eigenvalue weighted by atomic mass is 9.95. The maximum absolute atomic E-state index is 12.7. The Kier molecular flexibility index (Phi) is 6.42. The fraction of sp³-hybridized carbons (Fsp3) is 0.722. The summed E-state index contributed by atoms with van der Waals surface area (Å²) in [4.78, 5) is 32.7. The highest BCUT2D eigenvalue weighted by Gasteiger charge is 2.29. The molecular weight excluding hydrogens is 336 g/mol. The van der Waals surface area contributed by atoms with Crippen molar-refractivity contribution in [3.8, 4) is 0 Å². The van der Waals surface area contributed by atoms with Gasteiger partial charge in [0.25, 0.3) is 0 Å². The van der Waals surface area contributed by atoms with Gasteiger partial charge < -0.3 is 10.2 Å². The second kappa shape index (κ2) is 8.76. The molecule has 3 rings (SSSR count). The van der Waals surface area contributed by atoms with Crippen LogP contribution in [0.3, 0.4) is 0 Å². The van der Waals surface area contributed by atoms with Crippen molar-refractivity contribution in [3.63, 3.8) is 0 Å². The Morgan fingerprint density at radius 3 is 2.48 bits per heavy atom. The molecule has 1 aromatic rings. The third-order valence-electron chi connectivity index (χ3n) is 5.07. The number of likely N-dealkylation sites (tertiary alicyclic amines) is 2. The van der Waals surface area contributed by atoms with Crippen molar-refractivity contribution in [2.24, 2.45) is 5.92 Å². The summed E-state index contributed by atoms with van der Waals surface area (Å²) in [6, 6.07) is 0. The fourth-order valence-electron chi connectivity index (χ4n) is 3.70. The van der Waals surface area contributed by atoms with E-state index in [2.05, 4.69) is 20.1 Å². The van der Waals surface area contributed by atoms with E-state index in [0.717, 1.165) is 64.1 Å². The molecule has 1 N–H and O–H groups in total. The van der Waals surface area contributed by atoms with Crippen LogP contribution in [0.2, 0.25) is 0 Å². The van der Waals surface area contributed by atoms with Crippen LogP contribution < -0.4 is 5.32 Å². The maximum atomic E-state index is 12.7. The molecule has 7 heteroatoms. The SMILES string of the molecule is CC(=O)Nc1nc(CN2CCC(C(=O)N3CCCCCC3)CC2)cs1. The molecule has 0 bridgehead atoms. The van der Waals surface area contributed by atoms with Gasteiger partial charge in [0.05, 0.1) is 5.69 Å². The molecule has 0 aromatic carbocycles. The molecule has 2 amide bonds. The first-order valence-corrected chi connectivity index (χ1v) is 10.2. The summed E-state index contributed by atoms with van der Waals surface area (Å²) < 4.78 is 0. The number of nitrogens with zero attached hydrogens (tertiary/aromatic N) is 3. The van der Waals surface area contributed by atoms with E-state index in [0.29, 0.717) is 11.0 Å². The van der Waals surface area contributed by atoms with Crippen molar-refractivity contribution in [1.82, 2.24) is 14.8 Å². The van der Waals surface area contributed by atoms with Crippen LogP contribution in [0.25, 0.3) is 0 Å². The number of thiazole rings is 1. The van der Waals surface area contributed by atoms with Crippen LogP contribution in [0.4, 0.5) is 5.13 Å². The largest absolute Gasteiger partial charge is 0.342 e. The van der Waals surface area contributed by atoms with E-state index in [-0.39, 0.29) is 11.8 Å². The standard InChI is InChI=1S/C18H28N4O2S/c1-14(23)19-18-20-16(13-25-18)12-21-10-6-15(7-11-21)17(24)22-8-4-2-3-5-9-22/h13,15H,2-12H2,1H3,(H,19,20,23). The van der Waals surface area contributed by atoms with Crippen molar-refractivity contribution < 1.29 is 9.59 Å². The summed E-state index contributed by atoms with van der Waals surface area (Å²) >= 11 is 1.46. The summed E-state index contributed by atoms with van der Waals surface area (Å²) in [6.07, 6.45) is 6.72. The summed E-state index contributed by atoms with van der Waals surface area (Å²) in [6.45, 7) is 6.07. The summed E-state index contributed by atoms with van der Waals surface area (Å²) in [5.74, 6) is 0.483. The van der Waals surface area contributed by atoms with Gasteiger partial charge in [-0.3, -0.25) is 14.5 Å². The maximum Gasteiger partial charge on any atom is 0.225 e. The first kappa shape index (κ1) is 18.3. The zero-order valence-electron chi connectivity index (χ0n) is 15.0. The minimum atomic E-state index is -0.0891. The number of hydrogen-bond acceptors (Lipinski definition) is 5. The highest BCUT2D eigenvalue weighted by atomic mass is 32.1. The second-order valence-electron chi connectivity index (χ2n) is 7.12. The van der Waals surface area contributed by atoms with Crippen LogP contribution in [-0.4, -0.2) is 52.8 Å². The molecule has 6 nitrogen and oxygen atoms in total. The van der Waals surface area contributed by atoms with Gasteiger partial charge in [-0.05, 0) is 38.8 Å². The molecule has 138 valence electrons. The fourth-order valence-corrected chi connectivity index (χ4v) is 4.45. The van der Waals surface area contributed by atoms with Crippen LogP contribution >= 0.6 is 11.3 Å². The Morgan fingerprint density at radius 2 is 1.84 bits per heavy atom. The van der Waals surface area contributed by atoms with E-state index in [1.807, 2.05) is 5.38 Å². The van der Waals surface area contributed by atoms with E-state index in [1.54, 1.807) is 0 Å². The van der Waals surface area contributed by atoms with Gasteiger partial charge in [0.15, 0.2) is 5.13 Å². The Bertz CT molecular complexity index is 588. The van der Waals surface area contributed by atoms with Gasteiger partial charge in [0, 0.05) is 37.9 Å². The van der Waals surface area contributed by atoms with E-state index in [9.17, 15) is 9.59 Å². The lowest BCUT2D eigenvalue weighted by molar-refractivity contribution is -0.137. The Morgan fingerprint density at radius 1 is 1.16 bits per heavy atom. The molecule has 0 aliphatic carbocycles. The molecule has 0 atom stereocenters. The third-order valence-corrected chi connectivity index (χ3v) is 5.88. The lowest BCUT2D eigenvalue weighted by Crippen LogP contribution is -2.42. The molecule has 2 fully saturated rings. The Labute approximate surface area is 153 Å². The third kappa shape index (κ3) is 5.25. The van der Waals surface area contributed by atoms with E-state index >= 15 is 0 Å². The molecule has 2 aliphatic rings. The zero-order chi connectivity index (χ0) is 17.6. The number of piperidine rings is 1. The first-order valence-electron chi connectivity index (χ1n) is 9.35. The van der Waals surface area contributed by atoms with Crippen LogP contribution in [0.1, 0.15) is 51.1 Å². The average molecular weight is 365 g/mol. The molecule has 0 saturated carbocycles. The number of amides is 2. The van der Waals surface area contributed by atoms with Crippen molar-refractivity contribution in [1.29, 1.82) is 0 Å². The predicted octanol–water partition coefficient (Wildman–Crippen LogP) is 2.72. The molecule has 3 heterocycles. The summed E-state index contributed by atoms with van der Waals surface area (Å²) in [7, 11) is 0. The monoisotopic (exact) mass is 364 g/mol. The minimum absolute atomic E-state index is 0.0891. The van der Waals surface area contributed by atoms with E-state index in [1.165, 1.54) is 31.1 Å². The van der Waals surface area contributed by atoms with Crippen molar-refractivity contribution in [3.05, 3.63) is 11.1 Å². The molecule has 0 unspecified atom stereocenters. The number of rotatable bonds is 4. The molecule has 0 spiro atoms. The smallest absolute Gasteiger partial charge is 0.225 e. The number of anilines is 1. The molecule has 25 heavy (non-hydrogen) atoms. The van der Waals surface area contributed by atoms with Gasteiger partial charge in [0.1, 0.15) is 0 Å². The number of aromatic nitrogens is 1. The molecule has 1 aromatic heterocycles. The van der Waals surface area contributed by atoms with Crippen LogP contribution in [0, 0.1) is 5.92 Å². The summed E-state index contributed by atoms with van der Waals surface area (Å²) in [5, 5.41) is 5.39. The van der Waals surface area contributed by atoms with Crippen molar-refractivity contribution >= 4 is 28.3 Å². The number of carbonyl (C=O) groups is 2. The lowest BCUT2D eigenvalue weighted by Gasteiger charge is -2.33. The Balaban J connectivity index is 1.45. The number of carbonyl (C=O) groups excluding carboxylic acids is 2. The van der Waals surface area contributed by atoms with Gasteiger partial charge in [0.2, 0.25) is 11.8 Å². The van der Waals surface area contributed by atoms with E-state index < -0.39 is 0 Å². The topological polar surface area (TPSA) is 65.5 Å². The van der Waals surface area contributed by atoms with Gasteiger partial charge in [-0.1, -0.05) is 12.8 Å². The Hall–Kier alpha value is -1.47. The zero-order valence-corrected chi connectivity index (χ0v) is 15.8. The van der Waals surface area contributed by atoms with Crippen LogP contribution in [-0.2, 0) is 16.1 Å². The molecule has 2 saturated heterocycles. The minimum Gasteiger partial charge on any atom is -0.342 e. The number of hydrogen-bond donors (Lipinski definition) is 1. The average Bonchev–Trinajstić information content (AvgIpc) is 2.85. The van der Waals surface area contributed by atoms with Crippen LogP contribution in [0.5, 0.6) is 0 Å². The van der Waals surface area contributed by atoms with Crippen LogP contribution in [0.15, 0.2) is 5.38 Å². The first-order chi connectivity index (χ1) is 12.1. The predicted molar refractivity (Wildman–Crippen MR) is 99.5 cm³/mol. The molecular formula is C18H28N4O2S. The van der Waals surface area contributed by atoms with E-state index in [4.69, 9.17) is 0 Å². The summed E-state index contributed by atoms with van der Waals surface area (Å²) in [5.41, 5.74) is 0.992.